The molecule has 0 aliphatic carbocycles. The van der Waals surface area contributed by atoms with Gasteiger partial charge < -0.3 is 14.8 Å². The standard InChI is InChI=1S/C25H28ClN5O2S/c1-4-30-23(21-13-8-14-31(21)24(33)18-10-5-6-11-19(18)26)28-29-25(30)34-15-22(32)27-20-12-7-9-16(2)17(20)3/h5-7,9-12,21H,4,8,13-15H2,1-3H3,(H,27,32). The SMILES string of the molecule is CCn1c(SCC(=O)Nc2cccc(C)c2C)nnc1C1CCCN1C(=O)c1ccccc1Cl. The van der Waals surface area contributed by atoms with Crippen LogP contribution in [-0.4, -0.2) is 43.8 Å². The number of carbonyl (C=O) groups excluding carboxylic acids is 2. The highest BCUT2D eigenvalue weighted by atomic mass is 35.5. The molecule has 0 spiro atoms. The molecule has 178 valence electrons. The molecule has 1 fully saturated rings. The number of hydrogen-bond acceptors (Lipinski definition) is 5. The van der Waals surface area contributed by atoms with Crippen molar-refractivity contribution in [2.75, 3.05) is 17.6 Å². The van der Waals surface area contributed by atoms with Gasteiger partial charge in [0.15, 0.2) is 11.0 Å². The molecule has 7 nitrogen and oxygen atoms in total. The van der Waals surface area contributed by atoms with E-state index in [1.807, 2.05) is 60.6 Å². The zero-order valence-electron chi connectivity index (χ0n) is 19.5. The van der Waals surface area contributed by atoms with Crippen molar-refractivity contribution in [1.29, 1.82) is 0 Å². The quantitative estimate of drug-likeness (QED) is 0.449. The molecule has 4 rings (SSSR count). The summed E-state index contributed by atoms with van der Waals surface area (Å²) >= 11 is 7.63. The van der Waals surface area contributed by atoms with E-state index in [9.17, 15) is 9.59 Å². The van der Waals surface area contributed by atoms with Crippen LogP contribution in [0.2, 0.25) is 5.02 Å². The smallest absolute Gasteiger partial charge is 0.255 e. The predicted molar refractivity (Wildman–Crippen MR) is 135 cm³/mol. The summed E-state index contributed by atoms with van der Waals surface area (Å²) in [5, 5.41) is 12.9. The topological polar surface area (TPSA) is 80.1 Å². The minimum atomic E-state index is -0.172. The highest BCUT2D eigenvalue weighted by Gasteiger charge is 2.35. The lowest BCUT2D eigenvalue weighted by Crippen LogP contribution is -2.32. The largest absolute Gasteiger partial charge is 0.328 e. The van der Waals surface area contributed by atoms with E-state index >= 15 is 0 Å². The van der Waals surface area contributed by atoms with E-state index in [-0.39, 0.29) is 23.6 Å². The number of halogens is 1. The minimum absolute atomic E-state index is 0.0951. The van der Waals surface area contributed by atoms with Gasteiger partial charge in [-0.25, -0.2) is 0 Å². The van der Waals surface area contributed by atoms with Gasteiger partial charge in [-0.2, -0.15) is 0 Å². The lowest BCUT2D eigenvalue weighted by molar-refractivity contribution is -0.113. The van der Waals surface area contributed by atoms with Crippen molar-refractivity contribution in [3.05, 3.63) is 70.0 Å². The lowest BCUT2D eigenvalue weighted by atomic mass is 10.1. The first-order valence-corrected chi connectivity index (χ1v) is 12.7. The molecule has 34 heavy (non-hydrogen) atoms. The maximum Gasteiger partial charge on any atom is 0.255 e. The number of likely N-dealkylation sites (tertiary alicyclic amines) is 1. The minimum Gasteiger partial charge on any atom is -0.328 e. The summed E-state index contributed by atoms with van der Waals surface area (Å²) in [5.74, 6) is 0.777. The van der Waals surface area contributed by atoms with E-state index in [2.05, 4.69) is 15.5 Å². The molecular formula is C25H28ClN5O2S. The molecule has 2 aromatic carbocycles. The van der Waals surface area contributed by atoms with E-state index in [0.717, 1.165) is 35.5 Å². The number of nitrogens with zero attached hydrogens (tertiary/aromatic N) is 4. The van der Waals surface area contributed by atoms with Crippen LogP contribution in [0.25, 0.3) is 0 Å². The van der Waals surface area contributed by atoms with E-state index in [1.54, 1.807) is 12.1 Å². The second-order valence-corrected chi connectivity index (χ2v) is 9.66. The average molecular weight is 498 g/mol. The summed E-state index contributed by atoms with van der Waals surface area (Å²) in [5.41, 5.74) is 3.51. The van der Waals surface area contributed by atoms with Crippen LogP contribution in [0.15, 0.2) is 47.6 Å². The lowest BCUT2D eigenvalue weighted by Gasteiger charge is -2.25. The Morgan fingerprint density at radius 2 is 1.94 bits per heavy atom. The molecule has 0 bridgehead atoms. The third-order valence-electron chi connectivity index (χ3n) is 6.19. The molecule has 0 radical (unpaired) electrons. The Labute approximate surface area is 208 Å². The number of aromatic nitrogens is 3. The Morgan fingerprint density at radius 1 is 1.15 bits per heavy atom. The fraction of sp³-hybridized carbons (Fsp3) is 0.360. The third-order valence-corrected chi connectivity index (χ3v) is 7.49. The van der Waals surface area contributed by atoms with E-state index in [0.29, 0.717) is 28.8 Å². The summed E-state index contributed by atoms with van der Waals surface area (Å²) in [4.78, 5) is 27.6. The summed E-state index contributed by atoms with van der Waals surface area (Å²) in [6, 6.07) is 12.8. The maximum atomic E-state index is 13.2. The fourth-order valence-electron chi connectivity index (χ4n) is 4.22. The van der Waals surface area contributed by atoms with Crippen LogP contribution < -0.4 is 5.32 Å². The number of thioether (sulfide) groups is 1. The number of nitrogens with one attached hydrogen (secondary N) is 1. The molecule has 2 heterocycles. The van der Waals surface area contributed by atoms with E-state index in [1.165, 1.54) is 11.8 Å². The van der Waals surface area contributed by atoms with Crippen molar-refractivity contribution in [1.82, 2.24) is 19.7 Å². The normalized spacial score (nSPS) is 15.5. The van der Waals surface area contributed by atoms with Gasteiger partial charge in [0.25, 0.3) is 5.91 Å². The Hall–Kier alpha value is -2.84. The van der Waals surface area contributed by atoms with Gasteiger partial charge in [-0.05, 0) is 62.9 Å². The van der Waals surface area contributed by atoms with E-state index in [4.69, 9.17) is 11.6 Å². The average Bonchev–Trinajstić information content (AvgIpc) is 3.47. The van der Waals surface area contributed by atoms with Crippen LogP contribution in [0.1, 0.15) is 53.1 Å². The van der Waals surface area contributed by atoms with Crippen LogP contribution in [-0.2, 0) is 11.3 Å². The Morgan fingerprint density at radius 3 is 2.71 bits per heavy atom. The van der Waals surface area contributed by atoms with Crippen LogP contribution in [0, 0.1) is 13.8 Å². The number of aryl methyl sites for hydroxylation is 1. The van der Waals surface area contributed by atoms with Gasteiger partial charge in [-0.1, -0.05) is 47.6 Å². The zero-order chi connectivity index (χ0) is 24.2. The molecule has 9 heteroatoms. The predicted octanol–water partition coefficient (Wildman–Crippen LogP) is 5.28. The van der Waals surface area contributed by atoms with Gasteiger partial charge in [0.05, 0.1) is 22.4 Å². The number of carbonyl (C=O) groups is 2. The second-order valence-electron chi connectivity index (χ2n) is 8.31. The van der Waals surface area contributed by atoms with Crippen LogP contribution in [0.3, 0.4) is 0 Å². The molecule has 1 aliphatic heterocycles. The number of hydrogen-bond donors (Lipinski definition) is 1. The van der Waals surface area contributed by atoms with Gasteiger partial charge in [0, 0.05) is 18.8 Å². The van der Waals surface area contributed by atoms with Crippen molar-refractivity contribution in [3.8, 4) is 0 Å². The molecule has 1 saturated heterocycles. The van der Waals surface area contributed by atoms with Crippen LogP contribution in [0.4, 0.5) is 5.69 Å². The number of rotatable bonds is 7. The Bertz CT molecular complexity index is 1210. The van der Waals surface area contributed by atoms with Gasteiger partial charge in [0.1, 0.15) is 0 Å². The molecular weight excluding hydrogens is 470 g/mol. The third kappa shape index (κ3) is 4.98. The molecule has 1 atom stereocenters. The van der Waals surface area contributed by atoms with Gasteiger partial charge in [-0.15, -0.1) is 10.2 Å². The van der Waals surface area contributed by atoms with Gasteiger partial charge in [-0.3, -0.25) is 9.59 Å². The first kappa shape index (κ1) is 24.3. The number of amides is 2. The maximum absolute atomic E-state index is 13.2. The Kier molecular flexibility index (Phi) is 7.58. The van der Waals surface area contributed by atoms with Crippen LogP contribution in [0.5, 0.6) is 0 Å². The zero-order valence-corrected chi connectivity index (χ0v) is 21.1. The molecule has 1 aromatic heterocycles. The Balaban J connectivity index is 1.47. The molecule has 0 saturated carbocycles. The summed E-state index contributed by atoms with van der Waals surface area (Å²) in [6.07, 6.45) is 1.70. The molecule has 1 unspecified atom stereocenters. The highest BCUT2D eigenvalue weighted by Crippen LogP contribution is 2.34. The number of benzene rings is 2. The van der Waals surface area contributed by atoms with Crippen molar-refractivity contribution in [3.63, 3.8) is 0 Å². The van der Waals surface area contributed by atoms with Crippen molar-refractivity contribution < 1.29 is 9.59 Å². The second kappa shape index (κ2) is 10.6. The van der Waals surface area contributed by atoms with Crippen molar-refractivity contribution in [2.24, 2.45) is 0 Å². The van der Waals surface area contributed by atoms with Gasteiger partial charge >= 0.3 is 0 Å². The van der Waals surface area contributed by atoms with Gasteiger partial charge in [0.2, 0.25) is 5.91 Å². The first-order chi connectivity index (χ1) is 16.4. The van der Waals surface area contributed by atoms with E-state index < -0.39 is 0 Å². The monoisotopic (exact) mass is 497 g/mol. The molecule has 3 aromatic rings. The molecule has 2 amide bonds. The summed E-state index contributed by atoms with van der Waals surface area (Å²) in [7, 11) is 0. The highest BCUT2D eigenvalue weighted by molar-refractivity contribution is 7.99. The summed E-state index contributed by atoms with van der Waals surface area (Å²) in [6.45, 7) is 7.32. The first-order valence-electron chi connectivity index (χ1n) is 11.4. The van der Waals surface area contributed by atoms with Crippen molar-refractivity contribution in [2.45, 2.75) is 51.4 Å². The van der Waals surface area contributed by atoms with Crippen LogP contribution >= 0.6 is 23.4 Å². The number of anilines is 1. The fourth-order valence-corrected chi connectivity index (χ4v) is 5.25. The summed E-state index contributed by atoms with van der Waals surface area (Å²) < 4.78 is 2.00. The molecule has 1 N–H and O–H groups in total. The van der Waals surface area contributed by atoms with Crippen molar-refractivity contribution >= 4 is 40.9 Å². The molecule has 1 aliphatic rings.